The summed E-state index contributed by atoms with van der Waals surface area (Å²) in [5.41, 5.74) is 7.07. The third-order valence-electron chi connectivity index (χ3n) is 5.33. The number of rotatable bonds is 8. The van der Waals surface area contributed by atoms with Crippen LogP contribution in [-0.4, -0.2) is 46.5 Å². The molecule has 2 amide bonds. The summed E-state index contributed by atoms with van der Waals surface area (Å²) >= 11 is 0. The molecule has 0 aliphatic carbocycles. The molecule has 33 heavy (non-hydrogen) atoms. The smallest absolute Gasteiger partial charge is 0.255 e. The van der Waals surface area contributed by atoms with Crippen LogP contribution in [0.5, 0.6) is 5.75 Å². The number of carbonyl (C=O) groups is 2. The molecule has 1 heterocycles. The van der Waals surface area contributed by atoms with Gasteiger partial charge in [-0.15, -0.1) is 0 Å². The second kappa shape index (κ2) is 10.2. The molecule has 0 unspecified atom stereocenters. The number of nitrogens with one attached hydrogen (secondary N) is 2. The van der Waals surface area contributed by atoms with Gasteiger partial charge in [0.25, 0.3) is 5.91 Å². The minimum Gasteiger partial charge on any atom is -0.495 e. The van der Waals surface area contributed by atoms with Crippen LogP contribution in [0.1, 0.15) is 53.8 Å². The van der Waals surface area contributed by atoms with E-state index in [0.717, 1.165) is 38.0 Å². The second-order valence-corrected chi connectivity index (χ2v) is 9.92. The average molecular weight is 475 g/mol. The van der Waals surface area contributed by atoms with E-state index in [1.807, 2.05) is 0 Å². The van der Waals surface area contributed by atoms with E-state index in [-0.39, 0.29) is 27.8 Å². The number of ether oxygens (including phenoxy) is 1. The number of nitrogens with two attached hydrogens (primary N) is 1. The molecule has 9 nitrogen and oxygen atoms in total. The molecule has 0 spiro atoms. The third kappa shape index (κ3) is 5.82. The van der Waals surface area contributed by atoms with Crippen LogP contribution in [0.2, 0.25) is 0 Å². The van der Waals surface area contributed by atoms with Gasteiger partial charge in [-0.2, -0.15) is 0 Å². The van der Waals surface area contributed by atoms with E-state index in [1.165, 1.54) is 25.3 Å². The summed E-state index contributed by atoms with van der Waals surface area (Å²) in [4.78, 5) is 26.9. The molecule has 0 atom stereocenters. The SMILES string of the molecule is COc1ccc(C(=O)Nc2cc(C(N)=O)ccc2N2CCCCC2)cc1S(=O)(=O)NC(C)C. The quantitative estimate of drug-likeness (QED) is 0.539. The number of nitrogens with zero attached hydrogens (tertiary/aromatic N) is 1. The zero-order valence-corrected chi connectivity index (χ0v) is 19.9. The number of methoxy groups -OCH3 is 1. The zero-order valence-electron chi connectivity index (χ0n) is 19.1. The van der Waals surface area contributed by atoms with Crippen molar-refractivity contribution in [3.63, 3.8) is 0 Å². The maximum Gasteiger partial charge on any atom is 0.255 e. The van der Waals surface area contributed by atoms with Crippen LogP contribution in [0.3, 0.4) is 0 Å². The Hall–Kier alpha value is -3.11. The Morgan fingerprint density at radius 3 is 2.30 bits per heavy atom. The number of anilines is 2. The van der Waals surface area contributed by atoms with E-state index < -0.39 is 21.8 Å². The highest BCUT2D eigenvalue weighted by Crippen LogP contribution is 2.31. The predicted molar refractivity (Wildman–Crippen MR) is 127 cm³/mol. The van der Waals surface area contributed by atoms with Gasteiger partial charge in [-0.25, -0.2) is 13.1 Å². The van der Waals surface area contributed by atoms with E-state index in [2.05, 4.69) is 14.9 Å². The third-order valence-corrected chi connectivity index (χ3v) is 7.01. The van der Waals surface area contributed by atoms with Gasteiger partial charge in [0, 0.05) is 30.3 Å². The normalized spacial score (nSPS) is 14.2. The lowest BCUT2D eigenvalue weighted by atomic mass is 10.1. The fourth-order valence-electron chi connectivity index (χ4n) is 3.80. The largest absolute Gasteiger partial charge is 0.495 e. The van der Waals surface area contributed by atoms with Crippen LogP contribution in [-0.2, 0) is 10.0 Å². The molecule has 1 aliphatic heterocycles. The van der Waals surface area contributed by atoms with Crippen LogP contribution in [0, 0.1) is 0 Å². The number of primary amides is 1. The number of amides is 2. The fourth-order valence-corrected chi connectivity index (χ4v) is 5.24. The Morgan fingerprint density at radius 1 is 1.03 bits per heavy atom. The Labute approximate surface area is 194 Å². The maximum absolute atomic E-state index is 13.1. The van der Waals surface area contributed by atoms with E-state index in [0.29, 0.717) is 5.69 Å². The molecule has 1 saturated heterocycles. The van der Waals surface area contributed by atoms with Crippen molar-refractivity contribution in [3.8, 4) is 5.75 Å². The predicted octanol–water partition coefficient (Wildman–Crippen LogP) is 2.72. The first-order valence-electron chi connectivity index (χ1n) is 10.8. The summed E-state index contributed by atoms with van der Waals surface area (Å²) in [5, 5.41) is 2.83. The Bertz CT molecular complexity index is 1140. The van der Waals surface area contributed by atoms with Gasteiger partial charge in [0.1, 0.15) is 10.6 Å². The topological polar surface area (TPSA) is 131 Å². The highest BCUT2D eigenvalue weighted by atomic mass is 32.2. The number of hydrogen-bond donors (Lipinski definition) is 3. The van der Waals surface area contributed by atoms with Crippen LogP contribution in [0.15, 0.2) is 41.3 Å². The van der Waals surface area contributed by atoms with Crippen LogP contribution < -0.4 is 25.4 Å². The van der Waals surface area contributed by atoms with Crippen molar-refractivity contribution in [2.45, 2.75) is 44.0 Å². The Morgan fingerprint density at radius 2 is 1.70 bits per heavy atom. The molecular weight excluding hydrogens is 444 g/mol. The average Bonchev–Trinajstić information content (AvgIpc) is 2.78. The standard InChI is InChI=1S/C23H30N4O5S/c1-15(2)26-33(30,31)21-14-17(8-10-20(21)32-3)23(29)25-18-13-16(22(24)28)7-9-19(18)27-11-5-4-6-12-27/h7-10,13-15,26H,4-6,11-12H2,1-3H3,(H2,24,28)(H,25,29). The lowest BCUT2D eigenvalue weighted by Gasteiger charge is -2.30. The summed E-state index contributed by atoms with van der Waals surface area (Å²) in [6.45, 7) is 5.08. The molecule has 1 fully saturated rings. The molecule has 4 N–H and O–H groups in total. The molecule has 1 aliphatic rings. The van der Waals surface area contributed by atoms with E-state index in [1.54, 1.807) is 32.0 Å². The number of benzene rings is 2. The first kappa shape index (κ1) is 24.5. The molecule has 0 aromatic heterocycles. The van der Waals surface area contributed by atoms with Crippen molar-refractivity contribution in [1.29, 1.82) is 0 Å². The van der Waals surface area contributed by atoms with Crippen LogP contribution >= 0.6 is 0 Å². The zero-order chi connectivity index (χ0) is 24.2. The van der Waals surface area contributed by atoms with Crippen molar-refractivity contribution in [3.05, 3.63) is 47.5 Å². The van der Waals surface area contributed by atoms with Gasteiger partial charge >= 0.3 is 0 Å². The fraction of sp³-hybridized carbons (Fsp3) is 0.391. The van der Waals surface area contributed by atoms with Crippen molar-refractivity contribution in [1.82, 2.24) is 4.72 Å². The molecule has 3 rings (SSSR count). The number of hydrogen-bond acceptors (Lipinski definition) is 6. The molecule has 2 aromatic carbocycles. The van der Waals surface area contributed by atoms with Gasteiger partial charge in [-0.3, -0.25) is 9.59 Å². The maximum atomic E-state index is 13.1. The van der Waals surface area contributed by atoms with Crippen LogP contribution in [0.4, 0.5) is 11.4 Å². The summed E-state index contributed by atoms with van der Waals surface area (Å²) in [6, 6.07) is 8.83. The van der Waals surface area contributed by atoms with Crippen molar-refractivity contribution in [2.75, 3.05) is 30.4 Å². The summed E-state index contributed by atoms with van der Waals surface area (Å²) in [5.74, 6) is -0.990. The van der Waals surface area contributed by atoms with Gasteiger partial charge in [0.15, 0.2) is 0 Å². The van der Waals surface area contributed by atoms with Gasteiger partial charge in [-0.1, -0.05) is 0 Å². The summed E-state index contributed by atoms with van der Waals surface area (Å²) in [7, 11) is -2.53. The Kier molecular flexibility index (Phi) is 7.60. The number of piperidine rings is 1. The first-order valence-corrected chi connectivity index (χ1v) is 12.3. The minimum absolute atomic E-state index is 0.129. The molecule has 10 heteroatoms. The molecule has 0 radical (unpaired) electrons. The molecular formula is C23H30N4O5S. The van der Waals surface area contributed by atoms with Crippen molar-refractivity contribution in [2.24, 2.45) is 5.73 Å². The van der Waals surface area contributed by atoms with E-state index in [4.69, 9.17) is 10.5 Å². The van der Waals surface area contributed by atoms with Crippen LogP contribution in [0.25, 0.3) is 0 Å². The van der Waals surface area contributed by atoms with Crippen molar-refractivity contribution < 1.29 is 22.7 Å². The molecule has 178 valence electrons. The number of sulfonamides is 1. The highest BCUT2D eigenvalue weighted by Gasteiger charge is 2.23. The van der Waals surface area contributed by atoms with Gasteiger partial charge in [-0.05, 0) is 69.5 Å². The lowest BCUT2D eigenvalue weighted by molar-refractivity contribution is 0.0996. The molecule has 0 bridgehead atoms. The number of carbonyl (C=O) groups excluding carboxylic acids is 2. The Balaban J connectivity index is 1.97. The molecule has 0 saturated carbocycles. The second-order valence-electron chi connectivity index (χ2n) is 8.24. The van der Waals surface area contributed by atoms with E-state index in [9.17, 15) is 18.0 Å². The monoisotopic (exact) mass is 474 g/mol. The molecule has 2 aromatic rings. The van der Waals surface area contributed by atoms with E-state index >= 15 is 0 Å². The first-order chi connectivity index (χ1) is 15.6. The van der Waals surface area contributed by atoms with Gasteiger partial charge in [0.05, 0.1) is 18.5 Å². The van der Waals surface area contributed by atoms with Gasteiger partial charge in [0.2, 0.25) is 15.9 Å². The lowest BCUT2D eigenvalue weighted by Crippen LogP contribution is -2.31. The summed E-state index contributed by atoms with van der Waals surface area (Å²) < 4.78 is 33.2. The minimum atomic E-state index is -3.90. The highest BCUT2D eigenvalue weighted by molar-refractivity contribution is 7.89. The van der Waals surface area contributed by atoms with Crippen molar-refractivity contribution >= 4 is 33.2 Å². The summed E-state index contributed by atoms with van der Waals surface area (Å²) in [6.07, 6.45) is 3.21. The van der Waals surface area contributed by atoms with Gasteiger partial charge < -0.3 is 20.7 Å².